The van der Waals surface area contributed by atoms with Crippen molar-refractivity contribution in [3.05, 3.63) is 53.1 Å². The van der Waals surface area contributed by atoms with E-state index in [0.717, 1.165) is 11.4 Å². The molecule has 0 unspecified atom stereocenters. The number of benzene rings is 1. The number of nitrogens with one attached hydrogen (secondary N) is 2. The van der Waals surface area contributed by atoms with Crippen LogP contribution in [0.3, 0.4) is 0 Å². The van der Waals surface area contributed by atoms with E-state index in [4.69, 9.17) is 4.74 Å². The molecule has 10 nitrogen and oxygen atoms in total. The van der Waals surface area contributed by atoms with Crippen molar-refractivity contribution < 1.29 is 19.1 Å². The summed E-state index contributed by atoms with van der Waals surface area (Å²) in [7, 11) is 1.53. The molecule has 0 saturated carbocycles. The van der Waals surface area contributed by atoms with Crippen LogP contribution in [0.2, 0.25) is 0 Å². The number of rotatable bonds is 5. The fourth-order valence-electron chi connectivity index (χ4n) is 2.49. The number of esters is 1. The average Bonchev–Trinajstić information content (AvgIpc) is 3.10. The van der Waals surface area contributed by atoms with Gasteiger partial charge in [0.2, 0.25) is 0 Å². The highest BCUT2D eigenvalue weighted by Crippen LogP contribution is 2.10. The minimum absolute atomic E-state index is 0.177. The molecule has 0 saturated heterocycles. The Morgan fingerprint density at radius 2 is 1.82 bits per heavy atom. The van der Waals surface area contributed by atoms with E-state index < -0.39 is 18.5 Å². The molecule has 28 heavy (non-hydrogen) atoms. The van der Waals surface area contributed by atoms with Crippen molar-refractivity contribution in [3.8, 4) is 0 Å². The number of nitrogens with zero attached hydrogens (tertiary/aromatic N) is 4. The number of aromatic nitrogens is 4. The molecule has 144 valence electrons. The molecule has 0 fully saturated rings. The number of amides is 2. The average molecular weight is 382 g/mol. The van der Waals surface area contributed by atoms with Gasteiger partial charge in [-0.15, -0.1) is 5.10 Å². The normalized spacial score (nSPS) is 10.5. The second kappa shape index (κ2) is 7.82. The van der Waals surface area contributed by atoms with E-state index in [1.54, 1.807) is 30.3 Å². The van der Waals surface area contributed by atoms with Crippen LogP contribution in [0, 0.1) is 13.8 Å². The molecule has 3 rings (SSSR count). The number of carbonyl (C=O) groups is 3. The second-order valence-corrected chi connectivity index (χ2v) is 5.97. The Morgan fingerprint density at radius 1 is 1.11 bits per heavy atom. The molecule has 2 aromatic heterocycles. The molecule has 0 aliphatic carbocycles. The molecule has 2 amide bonds. The van der Waals surface area contributed by atoms with Crippen molar-refractivity contribution in [3.63, 3.8) is 0 Å². The van der Waals surface area contributed by atoms with Crippen LogP contribution in [-0.4, -0.2) is 51.0 Å². The number of fused-ring (bicyclic) bond motifs is 1. The Bertz CT molecular complexity index is 1060. The van der Waals surface area contributed by atoms with Gasteiger partial charge in [0.25, 0.3) is 23.4 Å². The Labute approximate surface area is 159 Å². The number of ether oxygens (including phenoxy) is 1. The molecule has 2 heterocycles. The Kier molecular flexibility index (Phi) is 5.30. The SMILES string of the molecule is CNC(=O)c1ccc(NC(=O)COC(=O)c2nc3nc(C)cc(C)n3n2)cc1. The van der Waals surface area contributed by atoms with Crippen LogP contribution >= 0.6 is 0 Å². The molecule has 1 aromatic carbocycles. The first-order valence-corrected chi connectivity index (χ1v) is 8.37. The molecule has 10 heteroatoms. The molecular formula is C18H18N6O4. The summed E-state index contributed by atoms with van der Waals surface area (Å²) in [5, 5.41) is 9.12. The maximum atomic E-state index is 12.1. The minimum Gasteiger partial charge on any atom is -0.450 e. The first-order chi connectivity index (χ1) is 13.4. The van der Waals surface area contributed by atoms with E-state index in [9.17, 15) is 14.4 Å². The van der Waals surface area contributed by atoms with Crippen LogP contribution in [0.15, 0.2) is 30.3 Å². The van der Waals surface area contributed by atoms with Crippen LogP contribution < -0.4 is 10.6 Å². The predicted octanol–water partition coefficient (Wildman–Crippen LogP) is 0.896. The van der Waals surface area contributed by atoms with E-state index in [1.807, 2.05) is 13.8 Å². The summed E-state index contributed by atoms with van der Waals surface area (Å²) in [4.78, 5) is 43.8. The number of hydrogen-bond acceptors (Lipinski definition) is 7. The third-order valence-electron chi connectivity index (χ3n) is 3.79. The van der Waals surface area contributed by atoms with Crippen LogP contribution in [0.4, 0.5) is 5.69 Å². The Hall–Kier alpha value is -3.82. The summed E-state index contributed by atoms with van der Waals surface area (Å²) in [6, 6.07) is 8.09. The van der Waals surface area contributed by atoms with Gasteiger partial charge in [-0.25, -0.2) is 14.3 Å². The van der Waals surface area contributed by atoms with Crippen LogP contribution in [0.25, 0.3) is 5.78 Å². The van der Waals surface area contributed by atoms with Crippen molar-refractivity contribution in [2.75, 3.05) is 19.0 Å². The topological polar surface area (TPSA) is 128 Å². The summed E-state index contributed by atoms with van der Waals surface area (Å²) in [6.07, 6.45) is 0. The van der Waals surface area contributed by atoms with Gasteiger partial charge in [0.1, 0.15) is 0 Å². The smallest absolute Gasteiger partial charge is 0.378 e. The molecule has 2 N–H and O–H groups in total. The van der Waals surface area contributed by atoms with E-state index in [-0.39, 0.29) is 17.5 Å². The molecule has 0 atom stereocenters. The summed E-state index contributed by atoms with van der Waals surface area (Å²) in [6.45, 7) is 3.12. The third kappa shape index (κ3) is 4.11. The zero-order valence-electron chi connectivity index (χ0n) is 15.5. The lowest BCUT2D eigenvalue weighted by Gasteiger charge is -2.06. The zero-order chi connectivity index (χ0) is 20.3. The van der Waals surface area contributed by atoms with E-state index in [1.165, 1.54) is 11.6 Å². The number of carbonyl (C=O) groups excluding carboxylic acids is 3. The molecule has 0 radical (unpaired) electrons. The van der Waals surface area contributed by atoms with Crippen molar-refractivity contribution in [1.29, 1.82) is 0 Å². The number of anilines is 1. The third-order valence-corrected chi connectivity index (χ3v) is 3.79. The molecule has 3 aromatic rings. The Morgan fingerprint density at radius 3 is 2.50 bits per heavy atom. The van der Waals surface area contributed by atoms with Crippen molar-refractivity contribution >= 4 is 29.2 Å². The summed E-state index contributed by atoms with van der Waals surface area (Å²) < 4.78 is 6.39. The minimum atomic E-state index is -0.826. The lowest BCUT2D eigenvalue weighted by molar-refractivity contribution is -0.119. The zero-order valence-corrected chi connectivity index (χ0v) is 15.5. The van der Waals surface area contributed by atoms with Gasteiger partial charge in [-0.1, -0.05) is 0 Å². The first-order valence-electron chi connectivity index (χ1n) is 8.37. The van der Waals surface area contributed by atoms with Gasteiger partial charge in [-0.2, -0.15) is 4.98 Å². The van der Waals surface area contributed by atoms with Crippen molar-refractivity contribution in [2.45, 2.75) is 13.8 Å². The van der Waals surface area contributed by atoms with Gasteiger partial charge in [0.05, 0.1) is 0 Å². The number of hydrogen-bond donors (Lipinski definition) is 2. The highest BCUT2D eigenvalue weighted by atomic mass is 16.5. The van der Waals surface area contributed by atoms with Gasteiger partial charge in [0, 0.05) is 29.7 Å². The lowest BCUT2D eigenvalue weighted by Crippen LogP contribution is -2.21. The van der Waals surface area contributed by atoms with Crippen molar-refractivity contribution in [1.82, 2.24) is 24.9 Å². The standard InChI is InChI=1S/C18H18N6O4/c1-10-8-11(2)24-18(20-10)22-15(23-24)17(27)28-9-14(25)21-13-6-4-12(5-7-13)16(26)19-3/h4-8H,9H2,1-3H3,(H,19,26)(H,21,25). The van der Waals surface area contributed by atoms with Crippen LogP contribution in [0.5, 0.6) is 0 Å². The molecule has 0 aliphatic rings. The molecule has 0 bridgehead atoms. The van der Waals surface area contributed by atoms with E-state index in [2.05, 4.69) is 25.7 Å². The molecule has 0 aliphatic heterocycles. The van der Waals surface area contributed by atoms with Gasteiger partial charge in [-0.3, -0.25) is 9.59 Å². The Balaban J connectivity index is 1.59. The fourth-order valence-corrected chi connectivity index (χ4v) is 2.49. The van der Waals surface area contributed by atoms with Crippen LogP contribution in [-0.2, 0) is 9.53 Å². The van der Waals surface area contributed by atoms with Gasteiger partial charge >= 0.3 is 5.97 Å². The number of aryl methyl sites for hydroxylation is 2. The fraction of sp³-hybridized carbons (Fsp3) is 0.222. The maximum absolute atomic E-state index is 12.1. The monoisotopic (exact) mass is 382 g/mol. The molecule has 0 spiro atoms. The second-order valence-electron chi connectivity index (χ2n) is 5.97. The largest absolute Gasteiger partial charge is 0.450 e. The predicted molar refractivity (Wildman–Crippen MR) is 99.0 cm³/mol. The lowest BCUT2D eigenvalue weighted by atomic mass is 10.2. The highest BCUT2D eigenvalue weighted by molar-refractivity contribution is 5.96. The summed E-state index contributed by atoms with van der Waals surface area (Å²) in [5.74, 6) is -1.48. The van der Waals surface area contributed by atoms with Crippen molar-refractivity contribution in [2.24, 2.45) is 0 Å². The quantitative estimate of drug-likeness (QED) is 0.627. The summed E-state index contributed by atoms with van der Waals surface area (Å²) in [5.41, 5.74) is 2.45. The first kappa shape index (κ1) is 19.0. The summed E-state index contributed by atoms with van der Waals surface area (Å²) >= 11 is 0. The molecular weight excluding hydrogens is 364 g/mol. The van der Waals surface area contributed by atoms with E-state index in [0.29, 0.717) is 11.3 Å². The van der Waals surface area contributed by atoms with E-state index >= 15 is 0 Å². The maximum Gasteiger partial charge on any atom is 0.378 e. The van der Waals surface area contributed by atoms with Gasteiger partial charge < -0.3 is 15.4 Å². The van der Waals surface area contributed by atoms with Gasteiger partial charge in [0.15, 0.2) is 6.61 Å². The highest BCUT2D eigenvalue weighted by Gasteiger charge is 2.18. The van der Waals surface area contributed by atoms with Crippen LogP contribution in [0.1, 0.15) is 32.4 Å². The van der Waals surface area contributed by atoms with Gasteiger partial charge in [-0.05, 0) is 44.2 Å².